The molecule has 0 aromatic carbocycles. The number of hydrogen-bond donors (Lipinski definition) is 1. The number of halogens is 1. The van der Waals surface area contributed by atoms with Gasteiger partial charge in [0.15, 0.2) is 0 Å². The fraction of sp³-hybridized carbons (Fsp3) is 1.00. The minimum Gasteiger partial charge on any atom is -0.229 e. The van der Waals surface area contributed by atoms with E-state index in [0.29, 0.717) is 11.2 Å². The third kappa shape index (κ3) is 4.42. The SMILES string of the molecule is CC1CCCC(CBr)(NS(=O)(=O)C2CCS(=O)(=O)CC2)C1. The lowest BCUT2D eigenvalue weighted by atomic mass is 9.78. The van der Waals surface area contributed by atoms with Crippen LogP contribution in [0, 0.1) is 5.92 Å². The highest BCUT2D eigenvalue weighted by molar-refractivity contribution is 9.09. The summed E-state index contributed by atoms with van der Waals surface area (Å²) in [5, 5.41) is 0.0309. The van der Waals surface area contributed by atoms with E-state index in [2.05, 4.69) is 27.6 Å². The lowest BCUT2D eigenvalue weighted by Gasteiger charge is -2.40. The summed E-state index contributed by atoms with van der Waals surface area (Å²) in [5.74, 6) is 0.470. The maximum Gasteiger partial charge on any atom is 0.215 e. The second kappa shape index (κ2) is 6.45. The second-order valence-electron chi connectivity index (χ2n) is 6.61. The number of sulfone groups is 1. The molecule has 8 heteroatoms. The van der Waals surface area contributed by atoms with Crippen molar-refractivity contribution in [3.05, 3.63) is 0 Å². The van der Waals surface area contributed by atoms with Crippen LogP contribution in [0.4, 0.5) is 0 Å². The van der Waals surface area contributed by atoms with Gasteiger partial charge in [-0.15, -0.1) is 0 Å². The summed E-state index contributed by atoms with van der Waals surface area (Å²) in [6, 6.07) is 0. The Labute approximate surface area is 136 Å². The van der Waals surface area contributed by atoms with Crippen molar-refractivity contribution >= 4 is 35.8 Å². The third-order valence-electron chi connectivity index (χ3n) is 4.65. The number of hydrogen-bond acceptors (Lipinski definition) is 4. The monoisotopic (exact) mass is 401 g/mol. The van der Waals surface area contributed by atoms with Crippen LogP contribution < -0.4 is 4.72 Å². The first-order valence-corrected chi connectivity index (χ1v) is 12.0. The number of sulfonamides is 1. The van der Waals surface area contributed by atoms with E-state index < -0.39 is 30.6 Å². The molecule has 1 aliphatic carbocycles. The van der Waals surface area contributed by atoms with E-state index in [1.54, 1.807) is 0 Å². The number of rotatable bonds is 4. The van der Waals surface area contributed by atoms with E-state index in [-0.39, 0.29) is 24.3 Å². The average Bonchev–Trinajstić information content (AvgIpc) is 2.37. The Hall–Kier alpha value is 0.340. The minimum atomic E-state index is -3.47. The van der Waals surface area contributed by atoms with Crippen LogP contribution in [0.2, 0.25) is 0 Å². The van der Waals surface area contributed by atoms with Crippen LogP contribution >= 0.6 is 15.9 Å². The molecule has 2 fully saturated rings. The Bertz CT molecular complexity index is 561. The van der Waals surface area contributed by atoms with Gasteiger partial charge in [-0.1, -0.05) is 35.7 Å². The first-order valence-electron chi connectivity index (χ1n) is 7.47. The van der Waals surface area contributed by atoms with Crippen molar-refractivity contribution in [3.63, 3.8) is 0 Å². The van der Waals surface area contributed by atoms with Gasteiger partial charge in [0, 0.05) is 10.9 Å². The smallest absolute Gasteiger partial charge is 0.215 e. The highest BCUT2D eigenvalue weighted by atomic mass is 79.9. The predicted octanol–water partition coefficient (Wildman–Crippen LogP) is 1.83. The van der Waals surface area contributed by atoms with E-state index >= 15 is 0 Å². The summed E-state index contributed by atoms with van der Waals surface area (Å²) in [7, 11) is -6.51. The van der Waals surface area contributed by atoms with Crippen LogP contribution in [0.1, 0.15) is 45.4 Å². The van der Waals surface area contributed by atoms with Gasteiger partial charge in [0.05, 0.1) is 16.8 Å². The maximum atomic E-state index is 12.6. The van der Waals surface area contributed by atoms with Gasteiger partial charge in [0.1, 0.15) is 9.84 Å². The van der Waals surface area contributed by atoms with Crippen molar-refractivity contribution in [2.24, 2.45) is 5.92 Å². The van der Waals surface area contributed by atoms with Gasteiger partial charge in [-0.2, -0.15) is 0 Å². The molecule has 1 heterocycles. The molecule has 0 bridgehead atoms. The molecular formula is C13H24BrNO4S2. The minimum absolute atomic E-state index is 0.0176. The summed E-state index contributed by atoms with van der Waals surface area (Å²) in [6.07, 6.45) is 4.26. The summed E-state index contributed by atoms with van der Waals surface area (Å²) < 4.78 is 51.0. The van der Waals surface area contributed by atoms with E-state index in [1.165, 1.54) is 0 Å². The summed E-state index contributed by atoms with van der Waals surface area (Å²) in [6.45, 7) is 2.15. The lowest BCUT2D eigenvalue weighted by molar-refractivity contribution is 0.241. The zero-order valence-electron chi connectivity index (χ0n) is 12.3. The lowest BCUT2D eigenvalue weighted by Crippen LogP contribution is -2.55. The molecule has 2 unspecified atom stereocenters. The van der Waals surface area contributed by atoms with Crippen molar-refractivity contribution in [3.8, 4) is 0 Å². The van der Waals surface area contributed by atoms with E-state index in [4.69, 9.17) is 0 Å². The number of nitrogens with one attached hydrogen (secondary N) is 1. The zero-order chi connectivity index (χ0) is 15.7. The molecule has 0 radical (unpaired) electrons. The number of alkyl halides is 1. The molecule has 0 aromatic heterocycles. The summed E-state index contributed by atoms with van der Waals surface area (Å²) in [4.78, 5) is 0. The van der Waals surface area contributed by atoms with Gasteiger partial charge >= 0.3 is 0 Å². The Morgan fingerprint density at radius 3 is 2.38 bits per heavy atom. The largest absolute Gasteiger partial charge is 0.229 e. The van der Waals surface area contributed by atoms with Crippen LogP contribution in [-0.2, 0) is 19.9 Å². The molecule has 1 saturated heterocycles. The van der Waals surface area contributed by atoms with E-state index in [9.17, 15) is 16.8 Å². The molecule has 2 rings (SSSR count). The van der Waals surface area contributed by atoms with Gasteiger partial charge in [-0.05, 0) is 31.6 Å². The molecule has 2 aliphatic rings. The van der Waals surface area contributed by atoms with Gasteiger partial charge in [0.2, 0.25) is 10.0 Å². The Morgan fingerprint density at radius 1 is 1.24 bits per heavy atom. The maximum absolute atomic E-state index is 12.6. The molecule has 1 N–H and O–H groups in total. The van der Waals surface area contributed by atoms with E-state index in [1.807, 2.05) is 0 Å². The third-order valence-corrected chi connectivity index (χ3v) is 9.50. The van der Waals surface area contributed by atoms with Crippen LogP contribution in [-0.4, -0.2) is 44.5 Å². The Balaban J connectivity index is 2.09. The molecule has 2 atom stereocenters. The van der Waals surface area contributed by atoms with Crippen LogP contribution in [0.3, 0.4) is 0 Å². The standard InChI is InChI=1S/C13H24BrNO4S2/c1-11-3-2-6-13(9-11,10-14)15-21(18,19)12-4-7-20(16,17)8-5-12/h11-12,15H,2-10H2,1H3. The van der Waals surface area contributed by atoms with E-state index in [0.717, 1.165) is 25.7 Å². The zero-order valence-corrected chi connectivity index (χ0v) is 15.6. The van der Waals surface area contributed by atoms with Gasteiger partial charge in [-0.3, -0.25) is 0 Å². The van der Waals surface area contributed by atoms with Crippen LogP contribution in [0.15, 0.2) is 0 Å². The predicted molar refractivity (Wildman–Crippen MR) is 87.9 cm³/mol. The second-order valence-corrected chi connectivity index (χ2v) is 11.4. The normalized spacial score (nSPS) is 34.7. The van der Waals surface area contributed by atoms with Crippen molar-refractivity contribution < 1.29 is 16.8 Å². The Kier molecular flexibility index (Phi) is 5.43. The van der Waals surface area contributed by atoms with Gasteiger partial charge in [0.25, 0.3) is 0 Å². The quantitative estimate of drug-likeness (QED) is 0.728. The highest BCUT2D eigenvalue weighted by Gasteiger charge is 2.41. The van der Waals surface area contributed by atoms with Crippen LogP contribution in [0.25, 0.3) is 0 Å². The Morgan fingerprint density at radius 2 is 1.86 bits per heavy atom. The first-order chi connectivity index (χ1) is 9.68. The van der Waals surface area contributed by atoms with Crippen molar-refractivity contribution in [1.29, 1.82) is 0 Å². The van der Waals surface area contributed by atoms with Crippen molar-refractivity contribution in [2.45, 2.75) is 56.2 Å². The molecule has 1 saturated carbocycles. The fourth-order valence-electron chi connectivity index (χ4n) is 3.47. The fourth-order valence-corrected chi connectivity index (χ4v) is 7.97. The topological polar surface area (TPSA) is 80.3 Å². The summed E-state index contributed by atoms with van der Waals surface area (Å²) in [5.41, 5.74) is -0.410. The van der Waals surface area contributed by atoms with Crippen LogP contribution in [0.5, 0.6) is 0 Å². The average molecular weight is 402 g/mol. The van der Waals surface area contributed by atoms with Gasteiger partial charge < -0.3 is 0 Å². The van der Waals surface area contributed by atoms with Crippen molar-refractivity contribution in [2.75, 3.05) is 16.8 Å². The molecule has 1 aliphatic heterocycles. The molecular weight excluding hydrogens is 378 g/mol. The molecule has 0 amide bonds. The molecule has 0 aromatic rings. The highest BCUT2D eigenvalue weighted by Crippen LogP contribution is 2.35. The first kappa shape index (κ1) is 17.7. The van der Waals surface area contributed by atoms with Gasteiger partial charge in [-0.25, -0.2) is 21.6 Å². The summed E-state index contributed by atoms with van der Waals surface area (Å²) >= 11 is 3.47. The molecule has 124 valence electrons. The molecule has 21 heavy (non-hydrogen) atoms. The molecule has 0 spiro atoms. The van der Waals surface area contributed by atoms with Crippen molar-refractivity contribution in [1.82, 2.24) is 4.72 Å². The molecule has 5 nitrogen and oxygen atoms in total.